The summed E-state index contributed by atoms with van der Waals surface area (Å²) < 4.78 is 0. The van der Waals surface area contributed by atoms with Crippen molar-refractivity contribution in [3.63, 3.8) is 0 Å². The van der Waals surface area contributed by atoms with Gasteiger partial charge in [0.2, 0.25) is 5.91 Å². The molecule has 0 unspecified atom stereocenters. The Kier molecular flexibility index (Phi) is 5.53. The molecule has 0 heterocycles. The van der Waals surface area contributed by atoms with Crippen molar-refractivity contribution in [2.45, 2.75) is 0 Å². The lowest BCUT2D eigenvalue weighted by Crippen LogP contribution is -2.37. The molecule has 0 bridgehead atoms. The molecule has 0 aliphatic carbocycles. The third-order valence-electron chi connectivity index (χ3n) is 2.52. The van der Waals surface area contributed by atoms with E-state index in [1.54, 1.807) is 7.05 Å². The fourth-order valence-electron chi connectivity index (χ4n) is 1.57. The maximum absolute atomic E-state index is 11.7. The number of nitrogens with two attached hydrogens (primary N) is 1. The Hall–Kier alpha value is -1.86. The number of halogens is 1. The minimum atomic E-state index is -0.569. The summed E-state index contributed by atoms with van der Waals surface area (Å²) in [6.07, 6.45) is 0. The van der Waals surface area contributed by atoms with Gasteiger partial charge in [0, 0.05) is 24.8 Å². The molecule has 0 aliphatic rings. The lowest BCUT2D eigenvalue weighted by atomic mass is 10.2. The van der Waals surface area contributed by atoms with E-state index < -0.39 is 4.92 Å². The standard InChI is InChI=1S/C11H15ClN4O3/c1-14-4-5-15(11(17)7-12)8-2-3-10(16(18)19)9(13)6-8/h2-3,6,14H,4-5,7,13H2,1H3. The molecule has 7 nitrogen and oxygen atoms in total. The van der Waals surface area contributed by atoms with Crippen LogP contribution in [-0.2, 0) is 4.79 Å². The molecule has 0 atom stereocenters. The van der Waals surface area contributed by atoms with Crippen LogP contribution >= 0.6 is 11.6 Å². The average molecular weight is 287 g/mol. The van der Waals surface area contributed by atoms with Gasteiger partial charge in [0.15, 0.2) is 0 Å². The number of amides is 1. The summed E-state index contributed by atoms with van der Waals surface area (Å²) in [7, 11) is 1.76. The predicted molar refractivity (Wildman–Crippen MR) is 74.5 cm³/mol. The molecular formula is C11H15ClN4O3. The molecule has 1 amide bonds. The van der Waals surface area contributed by atoms with Gasteiger partial charge in [-0.05, 0) is 19.2 Å². The van der Waals surface area contributed by atoms with E-state index in [-0.39, 0.29) is 23.2 Å². The molecule has 0 aliphatic heterocycles. The highest BCUT2D eigenvalue weighted by Crippen LogP contribution is 2.27. The molecule has 0 saturated heterocycles. The minimum absolute atomic E-state index is 0.0133. The zero-order valence-corrected chi connectivity index (χ0v) is 11.2. The van der Waals surface area contributed by atoms with Crippen LogP contribution in [0.25, 0.3) is 0 Å². The number of nitrogens with zero attached hydrogens (tertiary/aromatic N) is 2. The Labute approximate surface area is 115 Å². The Morgan fingerprint density at radius 1 is 1.58 bits per heavy atom. The van der Waals surface area contributed by atoms with Crippen molar-refractivity contribution >= 4 is 34.6 Å². The molecule has 104 valence electrons. The van der Waals surface area contributed by atoms with Gasteiger partial charge in [-0.1, -0.05) is 0 Å². The average Bonchev–Trinajstić information content (AvgIpc) is 2.38. The van der Waals surface area contributed by atoms with Crippen molar-refractivity contribution in [2.24, 2.45) is 0 Å². The lowest BCUT2D eigenvalue weighted by Gasteiger charge is -2.22. The van der Waals surface area contributed by atoms with Gasteiger partial charge in [-0.15, -0.1) is 11.6 Å². The van der Waals surface area contributed by atoms with Crippen molar-refractivity contribution in [3.8, 4) is 0 Å². The maximum Gasteiger partial charge on any atom is 0.292 e. The zero-order valence-electron chi connectivity index (χ0n) is 10.4. The molecule has 0 aromatic heterocycles. The van der Waals surface area contributed by atoms with Gasteiger partial charge in [-0.2, -0.15) is 0 Å². The summed E-state index contributed by atoms with van der Waals surface area (Å²) >= 11 is 5.55. The van der Waals surface area contributed by atoms with Crippen LogP contribution in [0.1, 0.15) is 0 Å². The second kappa shape index (κ2) is 6.91. The fraction of sp³-hybridized carbons (Fsp3) is 0.364. The first-order valence-corrected chi connectivity index (χ1v) is 6.09. The number of likely N-dealkylation sites (N-methyl/N-ethyl adjacent to an activating group) is 1. The highest BCUT2D eigenvalue weighted by molar-refractivity contribution is 6.29. The first-order chi connectivity index (χ1) is 9.01. The van der Waals surface area contributed by atoms with E-state index in [9.17, 15) is 14.9 Å². The maximum atomic E-state index is 11.7. The Balaban J connectivity index is 3.05. The van der Waals surface area contributed by atoms with E-state index in [4.69, 9.17) is 17.3 Å². The predicted octanol–water partition coefficient (Wildman–Crippen LogP) is 0.968. The summed E-state index contributed by atoms with van der Waals surface area (Å²) in [6.45, 7) is 0.971. The molecule has 1 rings (SSSR count). The smallest absolute Gasteiger partial charge is 0.292 e. The highest BCUT2D eigenvalue weighted by atomic mass is 35.5. The van der Waals surface area contributed by atoms with E-state index in [0.717, 1.165) is 0 Å². The van der Waals surface area contributed by atoms with Crippen molar-refractivity contribution in [1.82, 2.24) is 5.32 Å². The van der Waals surface area contributed by atoms with Gasteiger partial charge < -0.3 is 16.0 Å². The lowest BCUT2D eigenvalue weighted by molar-refractivity contribution is -0.383. The van der Waals surface area contributed by atoms with Crippen LogP contribution in [0, 0.1) is 10.1 Å². The van der Waals surface area contributed by atoms with Crippen molar-refractivity contribution < 1.29 is 9.72 Å². The quantitative estimate of drug-likeness (QED) is 0.351. The van der Waals surface area contributed by atoms with E-state index in [1.165, 1.54) is 23.1 Å². The number of hydrogen-bond acceptors (Lipinski definition) is 5. The van der Waals surface area contributed by atoms with Gasteiger partial charge >= 0.3 is 0 Å². The van der Waals surface area contributed by atoms with Crippen LogP contribution in [0.15, 0.2) is 18.2 Å². The molecule has 1 aromatic rings. The van der Waals surface area contributed by atoms with Crippen LogP contribution < -0.4 is 16.0 Å². The molecule has 3 N–H and O–H groups in total. The van der Waals surface area contributed by atoms with Crippen molar-refractivity contribution in [3.05, 3.63) is 28.3 Å². The Morgan fingerprint density at radius 3 is 2.74 bits per heavy atom. The molecule has 19 heavy (non-hydrogen) atoms. The number of nitrogen functional groups attached to an aromatic ring is 1. The largest absolute Gasteiger partial charge is 0.393 e. The summed E-state index contributed by atoms with van der Waals surface area (Å²) in [5.41, 5.74) is 5.92. The Bertz CT molecular complexity index is 481. The van der Waals surface area contributed by atoms with Gasteiger partial charge in [0.25, 0.3) is 5.69 Å². The number of nitro groups is 1. The van der Waals surface area contributed by atoms with E-state index >= 15 is 0 Å². The van der Waals surface area contributed by atoms with Crippen LogP contribution in [0.4, 0.5) is 17.1 Å². The molecule has 0 fully saturated rings. The van der Waals surface area contributed by atoms with Gasteiger partial charge in [-0.25, -0.2) is 0 Å². The molecule has 0 saturated carbocycles. The second-order valence-corrected chi connectivity index (χ2v) is 4.05. The van der Waals surface area contributed by atoms with Gasteiger partial charge in [0.05, 0.1) is 4.92 Å². The summed E-state index contributed by atoms with van der Waals surface area (Å²) in [5, 5.41) is 13.6. The van der Waals surface area contributed by atoms with Gasteiger partial charge in [-0.3, -0.25) is 14.9 Å². The summed E-state index contributed by atoms with van der Waals surface area (Å²) in [6, 6.07) is 4.16. The van der Waals surface area contributed by atoms with Crippen molar-refractivity contribution in [1.29, 1.82) is 0 Å². The number of rotatable bonds is 6. The van der Waals surface area contributed by atoms with Crippen LogP contribution in [-0.4, -0.2) is 36.8 Å². The number of nitrogens with one attached hydrogen (secondary N) is 1. The Morgan fingerprint density at radius 2 is 2.26 bits per heavy atom. The molecule has 0 radical (unpaired) electrons. The normalized spacial score (nSPS) is 10.2. The van der Waals surface area contributed by atoms with Crippen LogP contribution in [0.5, 0.6) is 0 Å². The van der Waals surface area contributed by atoms with Crippen molar-refractivity contribution in [2.75, 3.05) is 36.7 Å². The second-order valence-electron chi connectivity index (χ2n) is 3.78. The molecule has 8 heteroatoms. The zero-order chi connectivity index (χ0) is 14.4. The number of hydrogen-bond donors (Lipinski definition) is 2. The summed E-state index contributed by atoms with van der Waals surface area (Å²) in [5.74, 6) is -0.453. The fourth-order valence-corrected chi connectivity index (χ4v) is 1.71. The first-order valence-electron chi connectivity index (χ1n) is 5.56. The minimum Gasteiger partial charge on any atom is -0.393 e. The SMILES string of the molecule is CNCCN(C(=O)CCl)c1ccc([N+](=O)[O-])c(N)c1. The number of nitro benzene ring substituents is 1. The highest BCUT2D eigenvalue weighted by Gasteiger charge is 2.18. The molecule has 0 spiro atoms. The number of carbonyl (C=O) groups is 1. The summed E-state index contributed by atoms with van der Waals surface area (Å²) in [4.78, 5) is 23.3. The number of alkyl halides is 1. The number of anilines is 2. The van der Waals surface area contributed by atoms with Crippen LogP contribution in [0.3, 0.4) is 0 Å². The van der Waals surface area contributed by atoms with Crippen LogP contribution in [0.2, 0.25) is 0 Å². The molecule has 1 aromatic carbocycles. The van der Waals surface area contributed by atoms with E-state index in [0.29, 0.717) is 18.8 Å². The third kappa shape index (κ3) is 3.80. The van der Waals surface area contributed by atoms with E-state index in [1.807, 2.05) is 0 Å². The van der Waals surface area contributed by atoms with E-state index in [2.05, 4.69) is 5.32 Å². The number of carbonyl (C=O) groups excluding carboxylic acids is 1. The molecular weight excluding hydrogens is 272 g/mol. The third-order valence-corrected chi connectivity index (χ3v) is 2.75. The number of benzene rings is 1. The van der Waals surface area contributed by atoms with Gasteiger partial charge in [0.1, 0.15) is 11.6 Å². The first kappa shape index (κ1) is 15.2. The topological polar surface area (TPSA) is 102 Å². The monoisotopic (exact) mass is 286 g/mol.